The maximum Gasteiger partial charge on any atom is 0.329 e. The van der Waals surface area contributed by atoms with Gasteiger partial charge in [0.1, 0.15) is 12.6 Å². The summed E-state index contributed by atoms with van der Waals surface area (Å²) in [5, 5.41) is 0. The number of likely N-dealkylation sites (tertiary alicyclic amines) is 1. The Bertz CT molecular complexity index is 620. The second-order valence-corrected chi connectivity index (χ2v) is 8.61. The van der Waals surface area contributed by atoms with E-state index >= 15 is 0 Å². The molecule has 0 saturated carbocycles. The molecule has 25 heavy (non-hydrogen) atoms. The number of hydrogen-bond donors (Lipinski definition) is 1. The SMILES string of the molecule is CC(C)(C)[C@H](N)C(=O)N1CCC(C)(C)[C@H]1C(=O)OCc1ccccc1. The highest BCUT2D eigenvalue weighted by Crippen LogP contribution is 2.38. The van der Waals surface area contributed by atoms with Crippen molar-refractivity contribution in [2.75, 3.05) is 6.54 Å². The number of carbonyl (C=O) groups excluding carboxylic acids is 2. The molecule has 0 radical (unpaired) electrons. The first kappa shape index (κ1) is 19.4. The Labute approximate surface area is 150 Å². The van der Waals surface area contributed by atoms with E-state index < -0.39 is 12.1 Å². The Morgan fingerprint density at radius 2 is 1.88 bits per heavy atom. The zero-order chi connectivity index (χ0) is 18.8. The molecule has 0 spiro atoms. The lowest BCUT2D eigenvalue weighted by Crippen LogP contribution is -2.55. The van der Waals surface area contributed by atoms with Gasteiger partial charge in [-0.15, -0.1) is 0 Å². The highest BCUT2D eigenvalue weighted by molar-refractivity contribution is 5.89. The van der Waals surface area contributed by atoms with E-state index in [1.807, 2.05) is 65.0 Å². The van der Waals surface area contributed by atoms with Crippen LogP contribution in [0.15, 0.2) is 30.3 Å². The van der Waals surface area contributed by atoms with Crippen LogP contribution in [-0.4, -0.2) is 35.4 Å². The van der Waals surface area contributed by atoms with E-state index in [1.54, 1.807) is 4.90 Å². The molecule has 1 aliphatic heterocycles. The van der Waals surface area contributed by atoms with Crippen LogP contribution in [0.25, 0.3) is 0 Å². The van der Waals surface area contributed by atoms with Crippen LogP contribution in [0.4, 0.5) is 0 Å². The number of benzene rings is 1. The van der Waals surface area contributed by atoms with Gasteiger partial charge in [-0.05, 0) is 22.8 Å². The topological polar surface area (TPSA) is 72.6 Å². The second-order valence-electron chi connectivity index (χ2n) is 8.61. The average Bonchev–Trinajstić information content (AvgIpc) is 2.86. The molecule has 0 bridgehead atoms. The van der Waals surface area contributed by atoms with Crippen LogP contribution in [-0.2, 0) is 20.9 Å². The lowest BCUT2D eigenvalue weighted by Gasteiger charge is -2.35. The molecule has 0 unspecified atom stereocenters. The van der Waals surface area contributed by atoms with Crippen LogP contribution >= 0.6 is 0 Å². The highest BCUT2D eigenvalue weighted by Gasteiger charge is 2.49. The van der Waals surface area contributed by atoms with E-state index in [0.29, 0.717) is 6.54 Å². The van der Waals surface area contributed by atoms with E-state index in [0.717, 1.165) is 12.0 Å². The number of ether oxygens (including phenoxy) is 1. The van der Waals surface area contributed by atoms with Crippen molar-refractivity contribution in [3.8, 4) is 0 Å². The molecule has 1 aromatic rings. The number of nitrogens with zero attached hydrogens (tertiary/aromatic N) is 1. The van der Waals surface area contributed by atoms with Crippen molar-refractivity contribution in [1.29, 1.82) is 0 Å². The minimum Gasteiger partial charge on any atom is -0.459 e. The average molecular weight is 346 g/mol. The quantitative estimate of drug-likeness (QED) is 0.851. The summed E-state index contributed by atoms with van der Waals surface area (Å²) in [5.74, 6) is -0.541. The van der Waals surface area contributed by atoms with Crippen LogP contribution in [0, 0.1) is 10.8 Å². The normalized spacial score (nSPS) is 21.0. The largest absolute Gasteiger partial charge is 0.459 e. The summed E-state index contributed by atoms with van der Waals surface area (Å²) in [6.07, 6.45) is 0.751. The molecule has 0 aromatic heterocycles. The third-order valence-corrected chi connectivity index (χ3v) is 4.98. The molecule has 0 aliphatic carbocycles. The summed E-state index contributed by atoms with van der Waals surface area (Å²) in [4.78, 5) is 27.2. The molecule has 1 heterocycles. The number of carbonyl (C=O) groups is 2. The predicted octanol–water partition coefficient (Wildman–Crippen LogP) is 2.73. The number of esters is 1. The van der Waals surface area contributed by atoms with E-state index in [4.69, 9.17) is 10.5 Å². The van der Waals surface area contributed by atoms with Gasteiger partial charge in [0, 0.05) is 6.54 Å². The molecule has 2 N–H and O–H groups in total. The summed E-state index contributed by atoms with van der Waals surface area (Å²) < 4.78 is 5.52. The standard InChI is InChI=1S/C20H30N2O3/c1-19(2,3)15(21)17(23)22-12-11-20(4,5)16(22)18(24)25-13-14-9-7-6-8-10-14/h6-10,15-16H,11-13,21H2,1-5H3/t15-,16-/m1/s1. The fourth-order valence-electron chi connectivity index (χ4n) is 3.14. The van der Waals surface area contributed by atoms with Gasteiger partial charge >= 0.3 is 5.97 Å². The van der Waals surface area contributed by atoms with Gasteiger partial charge in [0.05, 0.1) is 6.04 Å². The van der Waals surface area contributed by atoms with Gasteiger partial charge in [0.2, 0.25) is 5.91 Å². The van der Waals surface area contributed by atoms with Gasteiger partial charge in [-0.3, -0.25) is 4.79 Å². The van der Waals surface area contributed by atoms with Gasteiger partial charge in [-0.1, -0.05) is 65.0 Å². The van der Waals surface area contributed by atoms with Crippen LogP contribution in [0.2, 0.25) is 0 Å². The van der Waals surface area contributed by atoms with Crippen LogP contribution < -0.4 is 5.73 Å². The minimum atomic E-state index is -0.647. The van der Waals surface area contributed by atoms with E-state index in [2.05, 4.69) is 0 Å². The first-order valence-electron chi connectivity index (χ1n) is 8.80. The van der Waals surface area contributed by atoms with E-state index in [1.165, 1.54) is 0 Å². The lowest BCUT2D eigenvalue weighted by molar-refractivity contribution is -0.158. The monoisotopic (exact) mass is 346 g/mol. The van der Waals surface area contributed by atoms with Crippen molar-refractivity contribution < 1.29 is 14.3 Å². The molecule has 2 atom stereocenters. The number of hydrogen-bond acceptors (Lipinski definition) is 4. The molecule has 2 rings (SSSR count). The first-order chi connectivity index (χ1) is 11.5. The van der Waals surface area contributed by atoms with Gasteiger partial charge in [-0.2, -0.15) is 0 Å². The van der Waals surface area contributed by atoms with Gasteiger partial charge in [0.15, 0.2) is 0 Å². The predicted molar refractivity (Wildman–Crippen MR) is 97.6 cm³/mol. The number of amides is 1. The third kappa shape index (κ3) is 4.40. The molecular weight excluding hydrogens is 316 g/mol. The van der Waals surface area contributed by atoms with Gasteiger partial charge in [-0.25, -0.2) is 4.79 Å². The van der Waals surface area contributed by atoms with E-state index in [9.17, 15) is 9.59 Å². The van der Waals surface area contributed by atoms with Crippen LogP contribution in [0.1, 0.15) is 46.6 Å². The number of rotatable bonds is 4. The Morgan fingerprint density at radius 3 is 2.44 bits per heavy atom. The van der Waals surface area contributed by atoms with Gasteiger partial charge < -0.3 is 15.4 Å². The summed E-state index contributed by atoms with van der Waals surface area (Å²) in [6, 6.07) is 8.29. The Kier molecular flexibility index (Phi) is 5.57. The summed E-state index contributed by atoms with van der Waals surface area (Å²) in [7, 11) is 0. The lowest BCUT2D eigenvalue weighted by atomic mass is 9.83. The second kappa shape index (κ2) is 7.16. The molecule has 1 amide bonds. The molecule has 1 aromatic carbocycles. The van der Waals surface area contributed by atoms with E-state index in [-0.39, 0.29) is 29.3 Å². The minimum absolute atomic E-state index is 0.181. The Balaban J connectivity index is 2.13. The Morgan fingerprint density at radius 1 is 1.28 bits per heavy atom. The fraction of sp³-hybridized carbons (Fsp3) is 0.600. The molecule has 138 valence electrons. The van der Waals surface area contributed by atoms with Crippen molar-refractivity contribution in [3.63, 3.8) is 0 Å². The molecule has 5 nitrogen and oxygen atoms in total. The maximum atomic E-state index is 12.9. The van der Waals surface area contributed by atoms with Crippen molar-refractivity contribution in [2.45, 2.75) is 59.7 Å². The van der Waals surface area contributed by atoms with Gasteiger partial charge in [0.25, 0.3) is 0 Å². The fourth-order valence-corrected chi connectivity index (χ4v) is 3.14. The summed E-state index contributed by atoms with van der Waals surface area (Å²) in [6.45, 7) is 10.5. The Hall–Kier alpha value is -1.88. The summed E-state index contributed by atoms with van der Waals surface area (Å²) >= 11 is 0. The van der Waals surface area contributed by atoms with Crippen molar-refractivity contribution in [3.05, 3.63) is 35.9 Å². The molecular formula is C20H30N2O3. The highest BCUT2D eigenvalue weighted by atomic mass is 16.5. The molecule has 1 aliphatic rings. The molecule has 1 saturated heterocycles. The zero-order valence-electron chi connectivity index (χ0n) is 15.9. The summed E-state index contributed by atoms with van der Waals surface area (Å²) in [5.41, 5.74) is 6.38. The molecule has 5 heteroatoms. The van der Waals surface area contributed by atoms with Crippen LogP contribution in [0.5, 0.6) is 0 Å². The van der Waals surface area contributed by atoms with Crippen molar-refractivity contribution in [1.82, 2.24) is 4.90 Å². The third-order valence-electron chi connectivity index (χ3n) is 4.98. The number of nitrogens with two attached hydrogens (primary N) is 1. The maximum absolute atomic E-state index is 12.9. The molecule has 1 fully saturated rings. The zero-order valence-corrected chi connectivity index (χ0v) is 15.9. The first-order valence-corrected chi connectivity index (χ1v) is 8.80. The van der Waals surface area contributed by atoms with Crippen molar-refractivity contribution >= 4 is 11.9 Å². The smallest absolute Gasteiger partial charge is 0.329 e. The van der Waals surface area contributed by atoms with Crippen LogP contribution in [0.3, 0.4) is 0 Å². The van der Waals surface area contributed by atoms with Crippen molar-refractivity contribution in [2.24, 2.45) is 16.6 Å².